The molecule has 0 amide bonds. The number of hydrogen-bond acceptors (Lipinski definition) is 3. The van der Waals surface area contributed by atoms with E-state index in [2.05, 4.69) is 6.07 Å². The second kappa shape index (κ2) is 5.06. The van der Waals surface area contributed by atoms with Gasteiger partial charge in [0.15, 0.2) is 0 Å². The van der Waals surface area contributed by atoms with E-state index in [1.54, 1.807) is 18.4 Å². The van der Waals surface area contributed by atoms with Crippen molar-refractivity contribution in [3.63, 3.8) is 0 Å². The molecule has 1 aromatic carbocycles. The van der Waals surface area contributed by atoms with Crippen LogP contribution in [0.25, 0.3) is 0 Å². The molecule has 1 aromatic heterocycles. The van der Waals surface area contributed by atoms with Gasteiger partial charge in [-0.1, -0.05) is 6.07 Å². The van der Waals surface area contributed by atoms with Gasteiger partial charge in [0.2, 0.25) is 5.78 Å². The standard InChI is InChI=1S/C17H18O2S/c1-10-7-8-13(17(19-3)11(10)2)16(18)15-9-12-5-4-6-14(12)20-15/h7-9H,4-6H2,1-3H3. The molecule has 0 N–H and O–H groups in total. The first-order valence-electron chi connectivity index (χ1n) is 6.92. The number of fused-ring (bicyclic) bond motifs is 1. The van der Waals surface area contributed by atoms with Gasteiger partial charge in [0.1, 0.15) is 5.75 Å². The molecule has 3 heteroatoms. The van der Waals surface area contributed by atoms with Crippen molar-refractivity contribution in [1.29, 1.82) is 0 Å². The van der Waals surface area contributed by atoms with Gasteiger partial charge < -0.3 is 4.74 Å². The summed E-state index contributed by atoms with van der Waals surface area (Å²) in [7, 11) is 1.63. The number of thiophene rings is 1. The number of ketones is 1. The lowest BCUT2D eigenvalue weighted by Crippen LogP contribution is -2.04. The van der Waals surface area contributed by atoms with Crippen molar-refractivity contribution in [3.8, 4) is 5.75 Å². The molecule has 20 heavy (non-hydrogen) atoms. The fourth-order valence-corrected chi connectivity index (χ4v) is 4.01. The summed E-state index contributed by atoms with van der Waals surface area (Å²) in [4.78, 5) is 15.0. The van der Waals surface area contributed by atoms with E-state index in [0.29, 0.717) is 11.3 Å². The van der Waals surface area contributed by atoms with Crippen molar-refractivity contribution >= 4 is 17.1 Å². The maximum absolute atomic E-state index is 12.7. The summed E-state index contributed by atoms with van der Waals surface area (Å²) >= 11 is 1.65. The first kappa shape index (κ1) is 13.4. The van der Waals surface area contributed by atoms with E-state index in [9.17, 15) is 4.79 Å². The third-order valence-corrected chi connectivity index (χ3v) is 5.33. The maximum atomic E-state index is 12.7. The molecule has 0 bridgehead atoms. The number of ether oxygens (including phenoxy) is 1. The third-order valence-electron chi connectivity index (χ3n) is 4.10. The predicted octanol–water partition coefficient (Wildman–Crippen LogP) is 4.09. The Morgan fingerprint density at radius 2 is 2.05 bits per heavy atom. The molecular formula is C17H18O2S. The third kappa shape index (κ3) is 2.06. The average molecular weight is 286 g/mol. The normalized spacial score (nSPS) is 13.3. The minimum atomic E-state index is 0.0874. The molecular weight excluding hydrogens is 268 g/mol. The van der Waals surface area contributed by atoms with Crippen LogP contribution in [0.3, 0.4) is 0 Å². The number of aryl methyl sites for hydroxylation is 3. The molecule has 0 spiro atoms. The van der Waals surface area contributed by atoms with Crippen LogP contribution in [-0.4, -0.2) is 12.9 Å². The lowest BCUT2D eigenvalue weighted by molar-refractivity contribution is 0.103. The number of benzene rings is 1. The highest BCUT2D eigenvalue weighted by Gasteiger charge is 2.22. The summed E-state index contributed by atoms with van der Waals surface area (Å²) in [5.74, 6) is 0.799. The highest BCUT2D eigenvalue weighted by molar-refractivity contribution is 7.14. The molecule has 0 saturated heterocycles. The highest BCUT2D eigenvalue weighted by Crippen LogP contribution is 2.34. The van der Waals surface area contributed by atoms with Crippen LogP contribution >= 0.6 is 11.3 Å². The van der Waals surface area contributed by atoms with E-state index in [1.807, 2.05) is 26.0 Å². The summed E-state index contributed by atoms with van der Waals surface area (Å²) in [6.07, 6.45) is 3.46. The van der Waals surface area contributed by atoms with Crippen LogP contribution < -0.4 is 4.74 Å². The fraction of sp³-hybridized carbons (Fsp3) is 0.353. The lowest BCUT2D eigenvalue weighted by atomic mass is 10.0. The molecule has 0 aliphatic heterocycles. The van der Waals surface area contributed by atoms with Gasteiger partial charge in [-0.25, -0.2) is 0 Å². The Balaban J connectivity index is 2.04. The van der Waals surface area contributed by atoms with E-state index in [1.165, 1.54) is 16.9 Å². The number of carbonyl (C=O) groups is 1. The zero-order valence-electron chi connectivity index (χ0n) is 12.1. The Hall–Kier alpha value is -1.61. The number of rotatable bonds is 3. The second-order valence-corrected chi connectivity index (χ2v) is 6.47. The van der Waals surface area contributed by atoms with Crippen LogP contribution in [0, 0.1) is 13.8 Å². The Bertz CT molecular complexity index is 661. The van der Waals surface area contributed by atoms with Crippen LogP contribution in [0.2, 0.25) is 0 Å². The smallest absolute Gasteiger partial charge is 0.206 e. The minimum absolute atomic E-state index is 0.0874. The van der Waals surface area contributed by atoms with Gasteiger partial charge in [0.05, 0.1) is 17.6 Å². The zero-order chi connectivity index (χ0) is 14.3. The molecule has 2 nitrogen and oxygen atoms in total. The first-order valence-corrected chi connectivity index (χ1v) is 7.74. The largest absolute Gasteiger partial charge is 0.496 e. The van der Waals surface area contributed by atoms with E-state index in [0.717, 1.165) is 28.8 Å². The van der Waals surface area contributed by atoms with E-state index in [-0.39, 0.29) is 5.78 Å². The molecule has 2 aromatic rings. The second-order valence-electron chi connectivity index (χ2n) is 5.33. The molecule has 3 rings (SSSR count). The van der Waals surface area contributed by atoms with Crippen molar-refractivity contribution < 1.29 is 9.53 Å². The van der Waals surface area contributed by atoms with Crippen LogP contribution in [0.1, 0.15) is 43.2 Å². The number of hydrogen-bond donors (Lipinski definition) is 0. The van der Waals surface area contributed by atoms with Gasteiger partial charge in [-0.05, 0) is 61.9 Å². The summed E-state index contributed by atoms with van der Waals surface area (Å²) in [5.41, 5.74) is 4.23. The zero-order valence-corrected chi connectivity index (χ0v) is 12.9. The van der Waals surface area contributed by atoms with Gasteiger partial charge in [0.25, 0.3) is 0 Å². The Morgan fingerprint density at radius 1 is 1.25 bits per heavy atom. The molecule has 0 radical (unpaired) electrons. The van der Waals surface area contributed by atoms with Gasteiger partial charge >= 0.3 is 0 Å². The molecule has 0 saturated carbocycles. The van der Waals surface area contributed by atoms with Crippen molar-refractivity contribution in [3.05, 3.63) is 50.2 Å². The SMILES string of the molecule is COc1c(C(=O)c2cc3c(s2)CCC3)ccc(C)c1C. The molecule has 104 valence electrons. The molecule has 0 unspecified atom stereocenters. The Labute approximate surface area is 123 Å². The van der Waals surface area contributed by atoms with Gasteiger partial charge in [-0.15, -0.1) is 11.3 Å². The molecule has 1 heterocycles. The molecule has 1 aliphatic rings. The lowest BCUT2D eigenvalue weighted by Gasteiger charge is -2.12. The minimum Gasteiger partial charge on any atom is -0.496 e. The van der Waals surface area contributed by atoms with E-state index < -0.39 is 0 Å². The van der Waals surface area contributed by atoms with Crippen molar-refractivity contribution in [2.24, 2.45) is 0 Å². The highest BCUT2D eigenvalue weighted by atomic mass is 32.1. The summed E-state index contributed by atoms with van der Waals surface area (Å²) in [5, 5.41) is 0. The Kier molecular flexibility index (Phi) is 3.38. The summed E-state index contributed by atoms with van der Waals surface area (Å²) in [6, 6.07) is 5.95. The number of methoxy groups -OCH3 is 1. The Morgan fingerprint density at radius 3 is 2.75 bits per heavy atom. The van der Waals surface area contributed by atoms with Crippen LogP contribution in [0.15, 0.2) is 18.2 Å². The van der Waals surface area contributed by atoms with Crippen molar-refractivity contribution in [2.45, 2.75) is 33.1 Å². The quantitative estimate of drug-likeness (QED) is 0.794. The van der Waals surface area contributed by atoms with E-state index in [4.69, 9.17) is 4.74 Å². The van der Waals surface area contributed by atoms with Gasteiger partial charge in [-0.3, -0.25) is 4.79 Å². The summed E-state index contributed by atoms with van der Waals surface area (Å²) in [6.45, 7) is 4.03. The van der Waals surface area contributed by atoms with Crippen molar-refractivity contribution in [1.82, 2.24) is 0 Å². The molecule has 1 aliphatic carbocycles. The van der Waals surface area contributed by atoms with Gasteiger partial charge in [0, 0.05) is 4.88 Å². The average Bonchev–Trinajstić information content (AvgIpc) is 3.01. The van der Waals surface area contributed by atoms with Crippen molar-refractivity contribution in [2.75, 3.05) is 7.11 Å². The van der Waals surface area contributed by atoms with E-state index >= 15 is 0 Å². The van der Waals surface area contributed by atoms with Crippen LogP contribution in [-0.2, 0) is 12.8 Å². The fourth-order valence-electron chi connectivity index (χ4n) is 2.81. The topological polar surface area (TPSA) is 26.3 Å². The van der Waals surface area contributed by atoms with Crippen LogP contribution in [0.5, 0.6) is 5.75 Å². The first-order chi connectivity index (χ1) is 9.61. The monoisotopic (exact) mass is 286 g/mol. The van der Waals surface area contributed by atoms with Crippen LogP contribution in [0.4, 0.5) is 0 Å². The maximum Gasteiger partial charge on any atom is 0.206 e. The predicted molar refractivity (Wildman–Crippen MR) is 82.2 cm³/mol. The number of carbonyl (C=O) groups excluding carboxylic acids is 1. The molecule has 0 atom stereocenters. The van der Waals surface area contributed by atoms with Gasteiger partial charge in [-0.2, -0.15) is 0 Å². The summed E-state index contributed by atoms with van der Waals surface area (Å²) < 4.78 is 5.46. The molecule has 0 fully saturated rings.